The number of carbonyl (C=O) groups is 4. The van der Waals surface area contributed by atoms with E-state index in [9.17, 15) is 19.2 Å². The molecule has 3 amide bonds. The van der Waals surface area contributed by atoms with Crippen LogP contribution in [-0.4, -0.2) is 40.1 Å². The van der Waals surface area contributed by atoms with Gasteiger partial charge in [0.25, 0.3) is 17.7 Å². The van der Waals surface area contributed by atoms with Crippen LogP contribution >= 0.6 is 34.8 Å². The minimum absolute atomic E-state index is 0.0144. The zero-order valence-electron chi connectivity index (χ0n) is 18.2. The average molecular weight is 530 g/mol. The molecular weight excluding hydrogens is 511 g/mol. The molecule has 9 heteroatoms. The normalized spacial score (nSPS) is 29.7. The lowest BCUT2D eigenvalue weighted by Crippen LogP contribution is -2.52. The highest BCUT2D eigenvalue weighted by Gasteiger charge is 2.68. The van der Waals surface area contributed by atoms with E-state index in [0.29, 0.717) is 27.4 Å². The molecule has 1 aliphatic heterocycles. The smallest absolute Gasteiger partial charge is 0.274 e. The van der Waals surface area contributed by atoms with E-state index in [-0.39, 0.29) is 22.4 Å². The summed E-state index contributed by atoms with van der Waals surface area (Å²) in [4.78, 5) is 54.2. The zero-order valence-corrected chi connectivity index (χ0v) is 20.5. The first-order valence-electron chi connectivity index (χ1n) is 11.4. The van der Waals surface area contributed by atoms with E-state index < -0.39 is 41.9 Å². The van der Waals surface area contributed by atoms with Crippen LogP contribution in [0.1, 0.15) is 27.1 Å². The molecule has 0 N–H and O–H groups in total. The van der Waals surface area contributed by atoms with Crippen LogP contribution < -0.4 is 0 Å². The third-order valence-corrected chi connectivity index (χ3v) is 8.54. The van der Waals surface area contributed by atoms with Crippen LogP contribution in [0.15, 0.2) is 54.6 Å². The van der Waals surface area contributed by atoms with Gasteiger partial charge >= 0.3 is 0 Å². The molecule has 3 fully saturated rings. The Bertz CT molecular complexity index is 1290. The molecule has 0 aromatic heterocycles. The third kappa shape index (κ3) is 3.53. The van der Waals surface area contributed by atoms with Crippen LogP contribution in [0.4, 0.5) is 0 Å². The Morgan fingerprint density at radius 2 is 1.43 bits per heavy atom. The highest BCUT2D eigenvalue weighted by atomic mass is 35.5. The summed E-state index contributed by atoms with van der Waals surface area (Å²) in [5.74, 6) is -2.27. The summed E-state index contributed by atoms with van der Waals surface area (Å²) in [7, 11) is 0. The van der Waals surface area contributed by atoms with Gasteiger partial charge in [0.2, 0.25) is 0 Å². The predicted molar refractivity (Wildman–Crippen MR) is 130 cm³/mol. The Morgan fingerprint density at radius 3 is 2.00 bits per heavy atom. The summed E-state index contributed by atoms with van der Waals surface area (Å²) < 4.78 is 0. The fourth-order valence-electron chi connectivity index (χ4n) is 6.08. The second kappa shape index (κ2) is 8.19. The molecule has 4 aliphatic carbocycles. The molecule has 2 saturated carbocycles. The molecule has 0 radical (unpaired) electrons. The Labute approximate surface area is 216 Å². The van der Waals surface area contributed by atoms with Crippen molar-refractivity contribution in [3.8, 4) is 0 Å². The second-order valence-corrected chi connectivity index (χ2v) is 10.8. The number of rotatable bonds is 5. The molecule has 0 unspecified atom stereocenters. The minimum Gasteiger partial charge on any atom is -0.292 e. The molecular formula is C26H19Cl3N2O4. The minimum atomic E-state index is -0.722. The summed E-state index contributed by atoms with van der Waals surface area (Å²) in [5.41, 5.74) is 0.341. The number of halogens is 3. The van der Waals surface area contributed by atoms with Gasteiger partial charge in [-0.2, -0.15) is 5.01 Å². The molecule has 2 aromatic rings. The molecule has 7 rings (SSSR count). The van der Waals surface area contributed by atoms with Crippen LogP contribution in [0, 0.1) is 35.5 Å². The fourth-order valence-corrected chi connectivity index (χ4v) is 6.69. The number of Topliss-reactive ketones (excluding diaryl/α,β-unsaturated/α-hetero) is 1. The highest BCUT2D eigenvalue weighted by Crippen LogP contribution is 2.65. The van der Waals surface area contributed by atoms with E-state index in [4.69, 9.17) is 34.8 Å². The number of ketones is 1. The van der Waals surface area contributed by atoms with Crippen molar-refractivity contribution in [1.29, 1.82) is 0 Å². The third-order valence-electron chi connectivity index (χ3n) is 7.74. The molecule has 1 heterocycles. The van der Waals surface area contributed by atoms with Crippen molar-refractivity contribution in [3.05, 3.63) is 80.8 Å². The largest absolute Gasteiger partial charge is 0.292 e. The summed E-state index contributed by atoms with van der Waals surface area (Å²) in [6.07, 6.45) is 5.12. The maximum atomic E-state index is 13.7. The van der Waals surface area contributed by atoms with Crippen LogP contribution in [0.25, 0.3) is 0 Å². The van der Waals surface area contributed by atoms with Gasteiger partial charge in [-0.05, 0) is 72.6 Å². The van der Waals surface area contributed by atoms with E-state index in [0.717, 1.165) is 16.4 Å². The van der Waals surface area contributed by atoms with E-state index in [1.54, 1.807) is 12.1 Å². The van der Waals surface area contributed by atoms with Crippen LogP contribution in [-0.2, 0) is 9.59 Å². The summed E-state index contributed by atoms with van der Waals surface area (Å²) in [6.45, 7) is -0.508. The number of imide groups is 1. The van der Waals surface area contributed by atoms with Crippen molar-refractivity contribution in [2.45, 2.75) is 6.42 Å². The van der Waals surface area contributed by atoms with Crippen molar-refractivity contribution in [1.82, 2.24) is 10.0 Å². The number of hydrogen-bond acceptors (Lipinski definition) is 4. The lowest BCUT2D eigenvalue weighted by atomic mass is 9.63. The number of carbonyl (C=O) groups excluding carboxylic acids is 4. The van der Waals surface area contributed by atoms with Gasteiger partial charge in [0.1, 0.15) is 6.54 Å². The predicted octanol–water partition coefficient (Wildman–Crippen LogP) is 4.94. The van der Waals surface area contributed by atoms with Gasteiger partial charge in [-0.3, -0.25) is 19.2 Å². The molecule has 1 saturated heterocycles. The van der Waals surface area contributed by atoms with Gasteiger partial charge in [-0.1, -0.05) is 47.0 Å². The van der Waals surface area contributed by atoms with Crippen molar-refractivity contribution in [3.63, 3.8) is 0 Å². The second-order valence-electron chi connectivity index (χ2n) is 9.56. The number of hydrazine groups is 1. The Morgan fingerprint density at radius 1 is 0.857 bits per heavy atom. The Balaban J connectivity index is 1.38. The lowest BCUT2D eigenvalue weighted by Gasteiger charge is -2.37. The maximum Gasteiger partial charge on any atom is 0.274 e. The maximum absolute atomic E-state index is 13.7. The van der Waals surface area contributed by atoms with Crippen molar-refractivity contribution in [2.24, 2.45) is 35.5 Å². The molecule has 6 nitrogen and oxygen atoms in total. The van der Waals surface area contributed by atoms with Crippen molar-refractivity contribution < 1.29 is 19.2 Å². The van der Waals surface area contributed by atoms with Gasteiger partial charge in [0.15, 0.2) is 5.78 Å². The number of nitrogens with zero attached hydrogens (tertiary/aromatic N) is 2. The first kappa shape index (κ1) is 22.8. The topological polar surface area (TPSA) is 74.8 Å². The fraction of sp³-hybridized carbons (Fsp3) is 0.308. The summed E-state index contributed by atoms with van der Waals surface area (Å²) in [6, 6.07) is 10.5. The van der Waals surface area contributed by atoms with Gasteiger partial charge < -0.3 is 0 Å². The molecule has 178 valence electrons. The van der Waals surface area contributed by atoms with Gasteiger partial charge in [0, 0.05) is 15.6 Å². The quantitative estimate of drug-likeness (QED) is 0.312. The van der Waals surface area contributed by atoms with Gasteiger partial charge in [-0.25, -0.2) is 5.01 Å². The van der Waals surface area contributed by atoms with Crippen molar-refractivity contribution in [2.75, 3.05) is 6.54 Å². The van der Waals surface area contributed by atoms with E-state index in [1.807, 2.05) is 0 Å². The van der Waals surface area contributed by atoms with Crippen LogP contribution in [0.5, 0.6) is 0 Å². The first-order chi connectivity index (χ1) is 16.8. The lowest BCUT2D eigenvalue weighted by molar-refractivity contribution is -0.154. The zero-order chi connectivity index (χ0) is 24.6. The monoisotopic (exact) mass is 528 g/mol. The standard InChI is InChI=1S/C26H19Cl3N2O4/c27-13-3-1-12(2-4-13)21(32)11-30(24(33)17-6-5-14(28)9-20(17)29)31-25(34)22-15-7-8-16(19-10-18(15)19)23(22)26(31)35/h1-9,15-16,18-19,22-23H,10-11H2/t15-,16-,18-,19+,22+,23+/m0/s1. The number of amides is 3. The van der Waals surface area contributed by atoms with E-state index in [2.05, 4.69) is 12.2 Å². The Kier molecular flexibility index (Phi) is 5.33. The average Bonchev–Trinajstić information content (AvgIpc) is 3.61. The number of allylic oxidation sites excluding steroid dienone is 2. The van der Waals surface area contributed by atoms with E-state index in [1.165, 1.54) is 30.3 Å². The Hall–Kier alpha value is -2.67. The number of hydrogen-bond donors (Lipinski definition) is 0. The first-order valence-corrected chi connectivity index (χ1v) is 12.5. The molecule has 2 aromatic carbocycles. The SMILES string of the molecule is O=C(CN(C(=O)c1ccc(Cl)cc1Cl)N1C(=O)[C@@H]2[C@H]3C=C[C@@H]([C@@H]4C[C@H]34)[C@H]2C1=O)c1ccc(Cl)cc1. The molecule has 6 atom stereocenters. The van der Waals surface area contributed by atoms with Crippen LogP contribution in [0.3, 0.4) is 0 Å². The highest BCUT2D eigenvalue weighted by molar-refractivity contribution is 6.36. The van der Waals surface area contributed by atoms with E-state index >= 15 is 0 Å². The van der Waals surface area contributed by atoms with Crippen molar-refractivity contribution >= 4 is 58.3 Å². The van der Waals surface area contributed by atoms with Gasteiger partial charge in [0.05, 0.1) is 22.4 Å². The summed E-state index contributed by atoms with van der Waals surface area (Å²) >= 11 is 18.2. The number of benzene rings is 2. The molecule has 5 aliphatic rings. The molecule has 2 bridgehead atoms. The molecule has 0 spiro atoms. The molecule has 35 heavy (non-hydrogen) atoms. The summed E-state index contributed by atoms with van der Waals surface area (Å²) in [5, 5.41) is 2.69. The van der Waals surface area contributed by atoms with Gasteiger partial charge in [-0.15, -0.1) is 0 Å². The van der Waals surface area contributed by atoms with Crippen LogP contribution in [0.2, 0.25) is 15.1 Å².